The summed E-state index contributed by atoms with van der Waals surface area (Å²) in [6, 6.07) is 7.05. The molecule has 0 bridgehead atoms. The molecule has 0 atom stereocenters. The Balaban J connectivity index is 2.02. The predicted octanol–water partition coefficient (Wildman–Crippen LogP) is 2.10. The molecular formula is C13H14N2O2. The van der Waals surface area contributed by atoms with Gasteiger partial charge in [-0.3, -0.25) is 4.79 Å². The molecule has 0 aliphatic carbocycles. The van der Waals surface area contributed by atoms with Crippen LogP contribution in [-0.2, 0) is 6.54 Å². The Morgan fingerprint density at radius 1 is 1.41 bits per heavy atom. The van der Waals surface area contributed by atoms with E-state index < -0.39 is 0 Å². The first-order chi connectivity index (χ1) is 8.16. The van der Waals surface area contributed by atoms with E-state index in [2.05, 4.69) is 5.32 Å². The van der Waals surface area contributed by atoms with Crippen LogP contribution in [0.25, 0.3) is 0 Å². The highest BCUT2D eigenvalue weighted by atomic mass is 16.3. The van der Waals surface area contributed by atoms with Crippen molar-refractivity contribution in [1.29, 1.82) is 0 Å². The Morgan fingerprint density at radius 3 is 2.88 bits per heavy atom. The largest absolute Gasteiger partial charge is 0.472 e. The molecule has 0 saturated heterocycles. The van der Waals surface area contributed by atoms with E-state index in [1.807, 2.05) is 13.0 Å². The molecule has 0 fully saturated rings. The molecule has 2 aromatic rings. The maximum absolute atomic E-state index is 11.8. The van der Waals surface area contributed by atoms with Gasteiger partial charge in [-0.1, -0.05) is 0 Å². The van der Waals surface area contributed by atoms with Gasteiger partial charge in [0.2, 0.25) is 0 Å². The van der Waals surface area contributed by atoms with E-state index >= 15 is 0 Å². The van der Waals surface area contributed by atoms with Gasteiger partial charge in [0, 0.05) is 23.4 Å². The third-order valence-electron chi connectivity index (χ3n) is 2.57. The fourth-order valence-electron chi connectivity index (χ4n) is 1.49. The monoisotopic (exact) mass is 230 g/mol. The molecule has 1 aromatic heterocycles. The van der Waals surface area contributed by atoms with E-state index in [4.69, 9.17) is 10.2 Å². The lowest BCUT2D eigenvalue weighted by atomic mass is 10.1. The van der Waals surface area contributed by atoms with E-state index in [0.717, 1.165) is 11.1 Å². The Bertz CT molecular complexity index is 518. The Labute approximate surface area is 99.4 Å². The van der Waals surface area contributed by atoms with Gasteiger partial charge in [0.25, 0.3) is 5.91 Å². The van der Waals surface area contributed by atoms with E-state index in [1.165, 1.54) is 0 Å². The Hall–Kier alpha value is -2.23. The van der Waals surface area contributed by atoms with Crippen LogP contribution in [0.15, 0.2) is 41.2 Å². The molecule has 88 valence electrons. The topological polar surface area (TPSA) is 68.3 Å². The summed E-state index contributed by atoms with van der Waals surface area (Å²) in [4.78, 5) is 11.8. The van der Waals surface area contributed by atoms with Crippen LogP contribution in [0, 0.1) is 6.92 Å². The van der Waals surface area contributed by atoms with Crippen LogP contribution in [0.3, 0.4) is 0 Å². The molecule has 0 radical (unpaired) electrons. The number of nitrogen functional groups attached to an aromatic ring is 1. The number of amides is 1. The summed E-state index contributed by atoms with van der Waals surface area (Å²) in [5, 5.41) is 2.81. The van der Waals surface area contributed by atoms with Crippen LogP contribution in [0.1, 0.15) is 21.5 Å². The minimum Gasteiger partial charge on any atom is -0.472 e. The molecule has 1 amide bonds. The molecule has 0 spiro atoms. The number of anilines is 1. The number of rotatable bonds is 3. The highest BCUT2D eigenvalue weighted by Gasteiger charge is 2.06. The molecule has 0 aliphatic rings. The summed E-state index contributed by atoms with van der Waals surface area (Å²) >= 11 is 0. The molecule has 0 saturated carbocycles. The minimum atomic E-state index is -0.116. The van der Waals surface area contributed by atoms with Gasteiger partial charge in [-0.25, -0.2) is 0 Å². The number of aryl methyl sites for hydroxylation is 1. The lowest BCUT2D eigenvalue weighted by molar-refractivity contribution is 0.0951. The molecule has 4 heteroatoms. The molecule has 1 aromatic carbocycles. The zero-order chi connectivity index (χ0) is 12.3. The van der Waals surface area contributed by atoms with Crippen LogP contribution in [0.5, 0.6) is 0 Å². The smallest absolute Gasteiger partial charge is 0.251 e. The molecule has 1 heterocycles. The van der Waals surface area contributed by atoms with Gasteiger partial charge in [-0.15, -0.1) is 0 Å². The van der Waals surface area contributed by atoms with Crippen LogP contribution >= 0.6 is 0 Å². The van der Waals surface area contributed by atoms with Gasteiger partial charge >= 0.3 is 0 Å². The van der Waals surface area contributed by atoms with E-state index in [0.29, 0.717) is 17.8 Å². The number of nitrogens with one attached hydrogen (secondary N) is 1. The average molecular weight is 230 g/mol. The third kappa shape index (κ3) is 2.66. The summed E-state index contributed by atoms with van der Waals surface area (Å²) in [6.45, 7) is 2.33. The number of carbonyl (C=O) groups is 1. The number of nitrogens with two attached hydrogens (primary N) is 1. The van der Waals surface area contributed by atoms with Crippen molar-refractivity contribution in [1.82, 2.24) is 5.32 Å². The summed E-state index contributed by atoms with van der Waals surface area (Å²) < 4.78 is 4.92. The van der Waals surface area contributed by atoms with Gasteiger partial charge in [0.1, 0.15) is 0 Å². The molecule has 0 unspecified atom stereocenters. The van der Waals surface area contributed by atoms with Crippen LogP contribution in [-0.4, -0.2) is 5.91 Å². The molecule has 2 rings (SSSR count). The summed E-state index contributed by atoms with van der Waals surface area (Å²) in [7, 11) is 0. The lowest BCUT2D eigenvalue weighted by Gasteiger charge is -2.06. The fraction of sp³-hybridized carbons (Fsp3) is 0.154. The number of carbonyl (C=O) groups excluding carboxylic acids is 1. The SMILES string of the molecule is Cc1cc(C(=O)NCc2ccoc2)ccc1N. The second-order valence-corrected chi connectivity index (χ2v) is 3.89. The van der Waals surface area contributed by atoms with Crippen molar-refractivity contribution in [2.24, 2.45) is 0 Å². The van der Waals surface area contributed by atoms with Crippen molar-refractivity contribution in [3.63, 3.8) is 0 Å². The van der Waals surface area contributed by atoms with Crippen LogP contribution in [0.4, 0.5) is 5.69 Å². The van der Waals surface area contributed by atoms with Gasteiger partial charge in [-0.2, -0.15) is 0 Å². The van der Waals surface area contributed by atoms with E-state index in [-0.39, 0.29) is 5.91 Å². The van der Waals surface area contributed by atoms with Crippen molar-refractivity contribution < 1.29 is 9.21 Å². The van der Waals surface area contributed by atoms with Crippen molar-refractivity contribution in [2.75, 3.05) is 5.73 Å². The molecular weight excluding hydrogens is 216 g/mol. The molecule has 0 aliphatic heterocycles. The van der Waals surface area contributed by atoms with Crippen LogP contribution in [0.2, 0.25) is 0 Å². The highest BCUT2D eigenvalue weighted by molar-refractivity contribution is 5.94. The van der Waals surface area contributed by atoms with Crippen molar-refractivity contribution in [3.8, 4) is 0 Å². The predicted molar refractivity (Wildman–Crippen MR) is 65.5 cm³/mol. The first-order valence-electron chi connectivity index (χ1n) is 5.32. The number of benzene rings is 1. The van der Waals surface area contributed by atoms with E-state index in [1.54, 1.807) is 30.7 Å². The number of hydrogen-bond acceptors (Lipinski definition) is 3. The van der Waals surface area contributed by atoms with Gasteiger partial charge in [-0.05, 0) is 36.8 Å². The molecule has 17 heavy (non-hydrogen) atoms. The quantitative estimate of drug-likeness (QED) is 0.793. The van der Waals surface area contributed by atoms with E-state index in [9.17, 15) is 4.79 Å². The Morgan fingerprint density at radius 2 is 2.24 bits per heavy atom. The first-order valence-corrected chi connectivity index (χ1v) is 5.32. The zero-order valence-corrected chi connectivity index (χ0v) is 9.57. The van der Waals surface area contributed by atoms with Gasteiger partial charge < -0.3 is 15.5 Å². The average Bonchev–Trinajstić information content (AvgIpc) is 2.82. The zero-order valence-electron chi connectivity index (χ0n) is 9.57. The van der Waals surface area contributed by atoms with Gasteiger partial charge in [0.15, 0.2) is 0 Å². The lowest BCUT2D eigenvalue weighted by Crippen LogP contribution is -2.22. The third-order valence-corrected chi connectivity index (χ3v) is 2.57. The first kappa shape index (κ1) is 11.3. The summed E-state index contributed by atoms with van der Waals surface area (Å²) in [6.07, 6.45) is 3.18. The fourth-order valence-corrected chi connectivity index (χ4v) is 1.49. The standard InChI is InChI=1S/C13H14N2O2/c1-9-6-11(2-3-12(9)14)13(16)15-7-10-4-5-17-8-10/h2-6,8H,7,14H2,1H3,(H,15,16). The summed E-state index contributed by atoms with van der Waals surface area (Å²) in [5.41, 5.74) is 8.84. The van der Waals surface area contributed by atoms with Crippen molar-refractivity contribution in [3.05, 3.63) is 53.5 Å². The van der Waals surface area contributed by atoms with Crippen molar-refractivity contribution >= 4 is 11.6 Å². The minimum absolute atomic E-state index is 0.116. The molecule has 3 N–H and O–H groups in total. The summed E-state index contributed by atoms with van der Waals surface area (Å²) in [5.74, 6) is -0.116. The second-order valence-electron chi connectivity index (χ2n) is 3.89. The van der Waals surface area contributed by atoms with Gasteiger partial charge in [0.05, 0.1) is 12.5 Å². The number of hydrogen-bond donors (Lipinski definition) is 2. The number of furan rings is 1. The van der Waals surface area contributed by atoms with Crippen LogP contribution < -0.4 is 11.1 Å². The Kier molecular flexibility index (Phi) is 3.14. The maximum Gasteiger partial charge on any atom is 0.251 e. The normalized spacial score (nSPS) is 10.2. The second kappa shape index (κ2) is 4.74. The molecule has 4 nitrogen and oxygen atoms in total. The van der Waals surface area contributed by atoms with Crippen molar-refractivity contribution in [2.45, 2.75) is 13.5 Å². The maximum atomic E-state index is 11.8. The highest BCUT2D eigenvalue weighted by Crippen LogP contribution is 2.12.